The highest BCUT2D eigenvalue weighted by Gasteiger charge is 2.46. The third-order valence-electron chi connectivity index (χ3n) is 15.7. The molecule has 3 aliphatic rings. The van der Waals surface area contributed by atoms with E-state index in [2.05, 4.69) is 271 Å². The van der Waals surface area contributed by atoms with Crippen LogP contribution in [0.4, 0.5) is 0 Å². The van der Waals surface area contributed by atoms with E-state index in [0.29, 0.717) is 0 Å². The van der Waals surface area contributed by atoms with Gasteiger partial charge in [0.2, 0.25) is 0 Å². The number of rotatable bonds is 6. The molecule has 0 nitrogen and oxygen atoms in total. The van der Waals surface area contributed by atoms with Gasteiger partial charge in [0.15, 0.2) is 0 Å². The molecule has 0 bridgehead atoms. The molecule has 0 amide bonds. The Morgan fingerprint density at radius 2 is 0.710 bits per heavy atom. The maximum atomic E-state index is 2.49. The Morgan fingerprint density at radius 1 is 0.275 bits per heavy atom. The molecule has 0 heterocycles. The van der Waals surface area contributed by atoms with E-state index in [1.807, 2.05) is 0 Å². The van der Waals surface area contributed by atoms with Crippen molar-refractivity contribution >= 4 is 0 Å². The van der Waals surface area contributed by atoms with Gasteiger partial charge < -0.3 is 0 Å². The SMILES string of the molecule is CC1(C)c2ccccc2-c2ccc(-c3ccc(Cc4ccc5c(c4)C(c4ccccc4)(c4cccc(-c6ccccc6)c4)c4ccccc4-5)cc3)cc21.Cc1ccc2c(c1)C(C)(C)c1ccccc1-2. The molecule has 332 valence electrons. The summed E-state index contributed by atoms with van der Waals surface area (Å²) in [5.41, 5.74) is 27.9. The number of hydrogen-bond donors (Lipinski definition) is 0. The van der Waals surface area contributed by atoms with E-state index >= 15 is 0 Å². The number of hydrogen-bond acceptors (Lipinski definition) is 0. The quantitative estimate of drug-likeness (QED) is 0.156. The van der Waals surface area contributed by atoms with E-state index in [4.69, 9.17) is 0 Å². The summed E-state index contributed by atoms with van der Waals surface area (Å²) in [5.74, 6) is 0. The number of aryl methyl sites for hydroxylation is 1. The fourth-order valence-corrected chi connectivity index (χ4v) is 12.2. The molecule has 13 rings (SSSR count). The van der Waals surface area contributed by atoms with Crippen molar-refractivity contribution in [2.45, 2.75) is 57.3 Å². The molecule has 1 unspecified atom stereocenters. The summed E-state index contributed by atoms with van der Waals surface area (Å²) in [4.78, 5) is 0. The van der Waals surface area contributed by atoms with Crippen molar-refractivity contribution in [1.82, 2.24) is 0 Å². The highest BCUT2D eigenvalue weighted by atomic mass is 14.5. The smallest absolute Gasteiger partial charge is 0.0622 e. The minimum atomic E-state index is -0.446. The predicted octanol–water partition coefficient (Wildman–Crippen LogP) is 17.6. The third kappa shape index (κ3) is 6.88. The van der Waals surface area contributed by atoms with Crippen molar-refractivity contribution in [1.29, 1.82) is 0 Å². The van der Waals surface area contributed by atoms with Crippen molar-refractivity contribution in [2.75, 3.05) is 0 Å². The van der Waals surface area contributed by atoms with E-state index in [-0.39, 0.29) is 10.8 Å². The van der Waals surface area contributed by atoms with Gasteiger partial charge in [-0.2, -0.15) is 0 Å². The lowest BCUT2D eigenvalue weighted by molar-refractivity contribution is 0.660. The lowest BCUT2D eigenvalue weighted by atomic mass is 9.67. The molecule has 0 saturated heterocycles. The molecule has 0 saturated carbocycles. The van der Waals surface area contributed by atoms with Crippen molar-refractivity contribution in [3.05, 3.63) is 298 Å². The second kappa shape index (κ2) is 16.5. The molecule has 0 radical (unpaired) electrons. The van der Waals surface area contributed by atoms with Crippen LogP contribution in [0.15, 0.2) is 237 Å². The van der Waals surface area contributed by atoms with E-state index in [9.17, 15) is 0 Å². The first-order chi connectivity index (χ1) is 33.6. The fourth-order valence-electron chi connectivity index (χ4n) is 12.2. The molecule has 0 aliphatic heterocycles. The minimum absolute atomic E-state index is 0.00700. The summed E-state index contributed by atoms with van der Waals surface area (Å²) in [6, 6.07) is 88.0. The molecule has 10 aromatic rings. The Labute approximate surface area is 408 Å². The van der Waals surface area contributed by atoms with Crippen molar-refractivity contribution in [3.63, 3.8) is 0 Å². The molecule has 0 heteroatoms. The normalized spacial score (nSPS) is 16.0. The Morgan fingerprint density at radius 3 is 1.38 bits per heavy atom. The van der Waals surface area contributed by atoms with Gasteiger partial charge in [-0.15, -0.1) is 0 Å². The van der Waals surface area contributed by atoms with E-state index in [1.54, 1.807) is 0 Å². The van der Waals surface area contributed by atoms with Crippen molar-refractivity contribution in [2.24, 2.45) is 0 Å². The van der Waals surface area contributed by atoms with Crippen molar-refractivity contribution in [3.8, 4) is 55.6 Å². The molecular weight excluding hydrogens is 829 g/mol. The van der Waals surface area contributed by atoms with Crippen LogP contribution in [0.3, 0.4) is 0 Å². The van der Waals surface area contributed by atoms with Gasteiger partial charge in [-0.25, -0.2) is 0 Å². The highest BCUT2D eigenvalue weighted by molar-refractivity contribution is 5.88. The number of benzene rings is 10. The number of fused-ring (bicyclic) bond motifs is 9. The average Bonchev–Trinajstić information content (AvgIpc) is 3.91. The van der Waals surface area contributed by atoms with Crippen LogP contribution in [-0.4, -0.2) is 0 Å². The Bertz CT molecular complexity index is 3570. The molecule has 3 aliphatic carbocycles. The Balaban J connectivity index is 0.000000259. The zero-order chi connectivity index (χ0) is 46.9. The maximum Gasteiger partial charge on any atom is 0.0713 e. The Kier molecular flexibility index (Phi) is 10.2. The van der Waals surface area contributed by atoms with Gasteiger partial charge in [0, 0.05) is 10.8 Å². The molecule has 0 fully saturated rings. The summed E-state index contributed by atoms with van der Waals surface area (Å²) in [6.07, 6.45) is 0.866. The lowest BCUT2D eigenvalue weighted by Crippen LogP contribution is -2.28. The lowest BCUT2D eigenvalue weighted by Gasteiger charge is -2.34. The van der Waals surface area contributed by atoms with Crippen LogP contribution in [0.5, 0.6) is 0 Å². The molecule has 69 heavy (non-hydrogen) atoms. The molecule has 10 aromatic carbocycles. The van der Waals surface area contributed by atoms with Gasteiger partial charge in [-0.05, 0) is 137 Å². The second-order valence-corrected chi connectivity index (χ2v) is 20.5. The van der Waals surface area contributed by atoms with Crippen LogP contribution >= 0.6 is 0 Å². The Hall–Kier alpha value is -7.80. The summed E-state index contributed by atoms with van der Waals surface area (Å²) in [6.45, 7) is 11.5. The second-order valence-electron chi connectivity index (χ2n) is 20.5. The molecular formula is C69H56. The van der Waals surface area contributed by atoms with Crippen LogP contribution in [0, 0.1) is 6.92 Å². The van der Waals surface area contributed by atoms with E-state index < -0.39 is 5.41 Å². The van der Waals surface area contributed by atoms with Gasteiger partial charge in [0.25, 0.3) is 0 Å². The molecule has 0 N–H and O–H groups in total. The summed E-state index contributed by atoms with van der Waals surface area (Å²) in [7, 11) is 0. The minimum Gasteiger partial charge on any atom is -0.0622 e. The van der Waals surface area contributed by atoms with E-state index in [1.165, 1.54) is 117 Å². The topological polar surface area (TPSA) is 0 Å². The average molecular weight is 885 g/mol. The fraction of sp³-hybridized carbons (Fsp3) is 0.130. The van der Waals surface area contributed by atoms with Gasteiger partial charge in [-0.1, -0.05) is 258 Å². The molecule has 0 aromatic heterocycles. The van der Waals surface area contributed by atoms with Gasteiger partial charge in [0.1, 0.15) is 0 Å². The standard InChI is InChI=1S/C53H40.C16H16/c1-52(2)48-22-11-9-20-44(48)46-31-29-41(35-50(46)52)39-27-24-36(25-28-39)32-37-26-30-47-45-21-10-12-23-49(45)53(51(47)33-37,42-17-7-4-8-18-42)43-19-13-16-40(34-43)38-14-5-3-6-15-38;1-11-8-9-13-12-6-4-5-7-14(12)16(2,3)15(13)10-11/h3-31,33-35H,32H2,1-2H3;4-10H,1-3H3. The van der Waals surface area contributed by atoms with Gasteiger partial charge in [-0.3, -0.25) is 0 Å². The van der Waals surface area contributed by atoms with Crippen LogP contribution in [0.25, 0.3) is 55.6 Å². The maximum absolute atomic E-state index is 2.49. The van der Waals surface area contributed by atoms with Crippen LogP contribution in [-0.2, 0) is 22.7 Å². The highest BCUT2D eigenvalue weighted by Crippen LogP contribution is 2.57. The molecule has 0 spiro atoms. The zero-order valence-electron chi connectivity index (χ0n) is 40.2. The summed E-state index contributed by atoms with van der Waals surface area (Å²) < 4.78 is 0. The van der Waals surface area contributed by atoms with Gasteiger partial charge >= 0.3 is 0 Å². The zero-order valence-corrected chi connectivity index (χ0v) is 40.2. The first-order valence-electron chi connectivity index (χ1n) is 24.6. The van der Waals surface area contributed by atoms with Crippen molar-refractivity contribution < 1.29 is 0 Å². The summed E-state index contributed by atoms with van der Waals surface area (Å²) in [5, 5.41) is 0. The van der Waals surface area contributed by atoms with E-state index in [0.717, 1.165) is 6.42 Å². The third-order valence-corrected chi connectivity index (χ3v) is 15.7. The van der Waals surface area contributed by atoms with Crippen LogP contribution < -0.4 is 0 Å². The molecule has 1 atom stereocenters. The van der Waals surface area contributed by atoms with Crippen LogP contribution in [0.1, 0.15) is 88.9 Å². The predicted molar refractivity (Wildman–Crippen MR) is 290 cm³/mol. The first-order valence-corrected chi connectivity index (χ1v) is 24.6. The monoisotopic (exact) mass is 884 g/mol. The summed E-state index contributed by atoms with van der Waals surface area (Å²) >= 11 is 0. The van der Waals surface area contributed by atoms with Gasteiger partial charge in [0.05, 0.1) is 5.41 Å². The first kappa shape index (κ1) is 42.5. The largest absolute Gasteiger partial charge is 0.0713 e. The van der Waals surface area contributed by atoms with Crippen LogP contribution in [0.2, 0.25) is 0 Å².